The van der Waals surface area contributed by atoms with Gasteiger partial charge in [-0.05, 0) is 80.9 Å². The maximum absolute atomic E-state index is 5.02. The molecule has 0 atom stereocenters. The Morgan fingerprint density at radius 3 is 1.94 bits per heavy atom. The van der Waals surface area contributed by atoms with Gasteiger partial charge in [0.25, 0.3) is 0 Å². The number of aryl methyl sites for hydroxylation is 2. The van der Waals surface area contributed by atoms with Gasteiger partial charge in [-0.25, -0.2) is 0 Å². The molecule has 0 N–H and O–H groups in total. The molecule has 0 amide bonds. The standard InChI is InChI=1S/C17H25N/c1-2-3-8-13-14-9-4-6-11-16(14)18-17-12-7-5-10-15(13)17/h2-12H2,1H3. The first-order chi connectivity index (χ1) is 8.90. The van der Waals surface area contributed by atoms with Crippen molar-refractivity contribution in [1.82, 2.24) is 4.98 Å². The number of unbranched alkanes of at least 4 members (excludes halogenated alkanes) is 1. The van der Waals surface area contributed by atoms with Crippen molar-refractivity contribution in [2.45, 2.75) is 77.6 Å². The second-order valence-corrected chi connectivity index (χ2v) is 5.96. The van der Waals surface area contributed by atoms with Gasteiger partial charge in [0.15, 0.2) is 0 Å². The molecular formula is C17H25N. The Labute approximate surface area is 111 Å². The van der Waals surface area contributed by atoms with Crippen LogP contribution in [0.2, 0.25) is 0 Å². The van der Waals surface area contributed by atoms with E-state index < -0.39 is 0 Å². The maximum atomic E-state index is 5.02. The van der Waals surface area contributed by atoms with Gasteiger partial charge in [0.05, 0.1) is 0 Å². The second kappa shape index (κ2) is 5.42. The van der Waals surface area contributed by atoms with Crippen molar-refractivity contribution in [3.05, 3.63) is 28.1 Å². The normalized spacial score (nSPS) is 18.3. The van der Waals surface area contributed by atoms with Crippen LogP contribution >= 0.6 is 0 Å². The number of hydrogen-bond acceptors (Lipinski definition) is 1. The van der Waals surface area contributed by atoms with E-state index in [1.807, 2.05) is 0 Å². The molecule has 2 aliphatic carbocycles. The van der Waals surface area contributed by atoms with Gasteiger partial charge in [-0.15, -0.1) is 0 Å². The molecule has 0 aliphatic heterocycles. The molecular weight excluding hydrogens is 218 g/mol. The highest BCUT2D eigenvalue weighted by Gasteiger charge is 2.22. The third-order valence-electron chi connectivity index (χ3n) is 4.66. The first-order valence-corrected chi connectivity index (χ1v) is 7.92. The summed E-state index contributed by atoms with van der Waals surface area (Å²) in [5, 5.41) is 0. The molecule has 98 valence electrons. The van der Waals surface area contributed by atoms with Gasteiger partial charge in [-0.1, -0.05) is 13.3 Å². The van der Waals surface area contributed by atoms with Crippen LogP contribution in [-0.4, -0.2) is 4.98 Å². The van der Waals surface area contributed by atoms with E-state index in [1.165, 1.54) is 82.0 Å². The molecule has 2 aliphatic rings. The zero-order valence-corrected chi connectivity index (χ0v) is 11.7. The van der Waals surface area contributed by atoms with E-state index in [4.69, 9.17) is 4.98 Å². The van der Waals surface area contributed by atoms with E-state index in [1.54, 1.807) is 16.7 Å². The topological polar surface area (TPSA) is 12.9 Å². The molecule has 3 rings (SSSR count). The highest BCUT2D eigenvalue weighted by atomic mass is 14.7. The molecule has 0 bridgehead atoms. The summed E-state index contributed by atoms with van der Waals surface area (Å²) in [6, 6.07) is 0. The fourth-order valence-corrected chi connectivity index (χ4v) is 3.68. The van der Waals surface area contributed by atoms with Gasteiger partial charge in [0.2, 0.25) is 0 Å². The third-order valence-corrected chi connectivity index (χ3v) is 4.66. The van der Waals surface area contributed by atoms with Crippen molar-refractivity contribution in [3.63, 3.8) is 0 Å². The summed E-state index contributed by atoms with van der Waals surface area (Å²) in [6.07, 6.45) is 14.5. The molecule has 0 saturated heterocycles. The van der Waals surface area contributed by atoms with E-state index in [0.29, 0.717) is 0 Å². The predicted molar refractivity (Wildman–Crippen MR) is 76.1 cm³/mol. The van der Waals surface area contributed by atoms with E-state index in [2.05, 4.69) is 6.92 Å². The largest absolute Gasteiger partial charge is 0.257 e. The molecule has 0 unspecified atom stereocenters. The molecule has 0 aromatic carbocycles. The average molecular weight is 243 g/mol. The molecule has 0 spiro atoms. The van der Waals surface area contributed by atoms with E-state index in [0.717, 1.165) is 0 Å². The summed E-state index contributed by atoms with van der Waals surface area (Å²) in [4.78, 5) is 5.02. The molecule has 0 fully saturated rings. The first kappa shape index (κ1) is 12.2. The van der Waals surface area contributed by atoms with Gasteiger partial charge < -0.3 is 0 Å². The zero-order valence-electron chi connectivity index (χ0n) is 11.7. The summed E-state index contributed by atoms with van der Waals surface area (Å²) in [6.45, 7) is 2.31. The SMILES string of the molecule is CCCCc1c2c(nc3c1CCCC3)CCCC2. The minimum absolute atomic E-state index is 1.24. The number of nitrogens with zero attached hydrogens (tertiary/aromatic N) is 1. The van der Waals surface area contributed by atoms with E-state index in [-0.39, 0.29) is 0 Å². The molecule has 1 aromatic rings. The summed E-state index contributed by atoms with van der Waals surface area (Å²) in [5.74, 6) is 0. The predicted octanol–water partition coefficient (Wildman–Crippen LogP) is 4.18. The van der Waals surface area contributed by atoms with Crippen LogP contribution in [0, 0.1) is 0 Å². The highest BCUT2D eigenvalue weighted by Crippen LogP contribution is 2.32. The smallest absolute Gasteiger partial charge is 0.0441 e. The number of hydrogen-bond donors (Lipinski definition) is 0. The molecule has 1 heteroatoms. The summed E-state index contributed by atoms with van der Waals surface area (Å²) < 4.78 is 0. The monoisotopic (exact) mass is 243 g/mol. The van der Waals surface area contributed by atoms with Crippen molar-refractivity contribution in [1.29, 1.82) is 0 Å². The van der Waals surface area contributed by atoms with Gasteiger partial charge in [-0.2, -0.15) is 0 Å². The molecule has 1 nitrogen and oxygen atoms in total. The van der Waals surface area contributed by atoms with E-state index in [9.17, 15) is 0 Å². The lowest BCUT2D eigenvalue weighted by Gasteiger charge is -2.26. The van der Waals surface area contributed by atoms with Crippen molar-refractivity contribution >= 4 is 0 Å². The minimum atomic E-state index is 1.24. The van der Waals surface area contributed by atoms with Gasteiger partial charge in [0.1, 0.15) is 0 Å². The van der Waals surface area contributed by atoms with Crippen molar-refractivity contribution in [2.24, 2.45) is 0 Å². The number of rotatable bonds is 3. The molecule has 0 radical (unpaired) electrons. The Morgan fingerprint density at radius 1 is 0.833 bits per heavy atom. The molecule has 18 heavy (non-hydrogen) atoms. The van der Waals surface area contributed by atoms with E-state index >= 15 is 0 Å². The fourth-order valence-electron chi connectivity index (χ4n) is 3.68. The molecule has 0 saturated carbocycles. The minimum Gasteiger partial charge on any atom is -0.257 e. The average Bonchev–Trinajstić information content (AvgIpc) is 2.43. The van der Waals surface area contributed by atoms with Crippen LogP contribution in [0.4, 0.5) is 0 Å². The number of pyridine rings is 1. The Kier molecular flexibility index (Phi) is 3.67. The van der Waals surface area contributed by atoms with Gasteiger partial charge in [0, 0.05) is 11.4 Å². The van der Waals surface area contributed by atoms with Crippen molar-refractivity contribution in [2.75, 3.05) is 0 Å². The van der Waals surface area contributed by atoms with Gasteiger partial charge >= 0.3 is 0 Å². The second-order valence-electron chi connectivity index (χ2n) is 5.96. The lowest BCUT2D eigenvalue weighted by Crippen LogP contribution is -2.17. The Balaban J connectivity index is 2.05. The van der Waals surface area contributed by atoms with Gasteiger partial charge in [-0.3, -0.25) is 4.98 Å². The zero-order chi connectivity index (χ0) is 12.4. The van der Waals surface area contributed by atoms with Crippen LogP contribution < -0.4 is 0 Å². The van der Waals surface area contributed by atoms with Crippen LogP contribution in [-0.2, 0) is 32.1 Å². The van der Waals surface area contributed by atoms with Crippen LogP contribution in [0.15, 0.2) is 0 Å². The lowest BCUT2D eigenvalue weighted by molar-refractivity contribution is 0.610. The molecule has 1 aromatic heterocycles. The lowest BCUT2D eigenvalue weighted by atomic mass is 9.82. The first-order valence-electron chi connectivity index (χ1n) is 7.92. The summed E-state index contributed by atoms with van der Waals surface area (Å²) >= 11 is 0. The quantitative estimate of drug-likeness (QED) is 0.776. The number of aromatic nitrogens is 1. The van der Waals surface area contributed by atoms with Crippen LogP contribution in [0.3, 0.4) is 0 Å². The highest BCUT2D eigenvalue weighted by molar-refractivity contribution is 5.43. The Hall–Kier alpha value is -0.850. The Morgan fingerprint density at radius 2 is 1.39 bits per heavy atom. The van der Waals surface area contributed by atoms with Crippen LogP contribution in [0.1, 0.15) is 73.5 Å². The number of fused-ring (bicyclic) bond motifs is 2. The third kappa shape index (κ3) is 2.20. The molecule has 1 heterocycles. The van der Waals surface area contributed by atoms with Crippen LogP contribution in [0.5, 0.6) is 0 Å². The van der Waals surface area contributed by atoms with Crippen LogP contribution in [0.25, 0.3) is 0 Å². The van der Waals surface area contributed by atoms with Crippen molar-refractivity contribution < 1.29 is 0 Å². The summed E-state index contributed by atoms with van der Waals surface area (Å²) in [7, 11) is 0. The summed E-state index contributed by atoms with van der Waals surface area (Å²) in [5.41, 5.74) is 7.99. The van der Waals surface area contributed by atoms with Crippen molar-refractivity contribution in [3.8, 4) is 0 Å². The Bertz CT molecular complexity index is 399. The fraction of sp³-hybridized carbons (Fsp3) is 0.706. The maximum Gasteiger partial charge on any atom is 0.0441 e.